The van der Waals surface area contributed by atoms with Crippen LogP contribution in [0.3, 0.4) is 0 Å². The largest absolute Gasteiger partial charge is 0.381 e. The molecule has 7 nitrogen and oxygen atoms in total. The van der Waals surface area contributed by atoms with Crippen molar-refractivity contribution in [3.63, 3.8) is 0 Å². The van der Waals surface area contributed by atoms with Crippen LogP contribution in [0.15, 0.2) is 60.9 Å². The standard InChI is InChI=1S/C21H19FN6O/c22-15-4-3-5-17(14-15)28-21(24-20(26-28)18-6-1-2-10-23-18)19-7-11-27(25-19)16-8-12-29-13-9-16/h1-7,10-11,14,16H,8-9,12-13H2. The van der Waals surface area contributed by atoms with Crippen molar-refractivity contribution in [3.8, 4) is 28.7 Å². The molecule has 4 heterocycles. The summed E-state index contributed by atoms with van der Waals surface area (Å²) in [4.78, 5) is 9.02. The third-order valence-electron chi connectivity index (χ3n) is 4.96. The highest BCUT2D eigenvalue weighted by Gasteiger charge is 2.21. The molecule has 3 aromatic heterocycles. The summed E-state index contributed by atoms with van der Waals surface area (Å²) < 4.78 is 22.9. The molecule has 0 amide bonds. The monoisotopic (exact) mass is 390 g/mol. The topological polar surface area (TPSA) is 70.7 Å². The fraction of sp³-hybridized carbons (Fsp3) is 0.238. The molecule has 0 spiro atoms. The Labute approximate surface area is 166 Å². The SMILES string of the molecule is Fc1cccc(-n2nc(-c3ccccn3)nc2-c2ccn(C3CCOCC3)n2)c1. The first-order chi connectivity index (χ1) is 14.3. The number of pyridine rings is 1. The summed E-state index contributed by atoms with van der Waals surface area (Å²) in [5, 5.41) is 9.34. The van der Waals surface area contributed by atoms with E-state index in [0.29, 0.717) is 34.8 Å². The Kier molecular flexibility index (Phi) is 4.61. The first-order valence-electron chi connectivity index (χ1n) is 9.55. The van der Waals surface area contributed by atoms with Crippen molar-refractivity contribution in [2.45, 2.75) is 18.9 Å². The Morgan fingerprint density at radius 1 is 0.966 bits per heavy atom. The van der Waals surface area contributed by atoms with Crippen molar-refractivity contribution >= 4 is 0 Å². The zero-order valence-corrected chi connectivity index (χ0v) is 15.6. The highest BCUT2D eigenvalue weighted by Crippen LogP contribution is 2.26. The zero-order chi connectivity index (χ0) is 19.6. The predicted molar refractivity (Wildman–Crippen MR) is 105 cm³/mol. The molecule has 0 atom stereocenters. The molecule has 0 saturated carbocycles. The van der Waals surface area contributed by atoms with Crippen LogP contribution >= 0.6 is 0 Å². The Balaban J connectivity index is 1.59. The number of rotatable bonds is 4. The highest BCUT2D eigenvalue weighted by atomic mass is 19.1. The fourth-order valence-electron chi connectivity index (χ4n) is 3.48. The van der Waals surface area contributed by atoms with Gasteiger partial charge in [0, 0.05) is 25.6 Å². The molecule has 8 heteroatoms. The van der Waals surface area contributed by atoms with E-state index in [1.54, 1.807) is 23.0 Å². The third kappa shape index (κ3) is 3.54. The predicted octanol–water partition coefficient (Wildman–Crippen LogP) is 3.68. The summed E-state index contributed by atoms with van der Waals surface area (Å²) in [6.07, 6.45) is 5.50. The first kappa shape index (κ1) is 17.7. The number of hydrogen-bond donors (Lipinski definition) is 0. The van der Waals surface area contributed by atoms with Gasteiger partial charge in [-0.3, -0.25) is 9.67 Å². The summed E-state index contributed by atoms with van der Waals surface area (Å²) in [7, 11) is 0. The van der Waals surface area contributed by atoms with Crippen LogP contribution in [0.2, 0.25) is 0 Å². The maximum Gasteiger partial charge on any atom is 0.200 e. The average Bonchev–Trinajstić information content (AvgIpc) is 3.43. The Morgan fingerprint density at radius 2 is 1.86 bits per heavy atom. The molecule has 0 bridgehead atoms. The van der Waals surface area contributed by atoms with Crippen molar-refractivity contribution in [2.24, 2.45) is 0 Å². The van der Waals surface area contributed by atoms with Crippen molar-refractivity contribution in [1.29, 1.82) is 0 Å². The van der Waals surface area contributed by atoms with Gasteiger partial charge >= 0.3 is 0 Å². The fourth-order valence-corrected chi connectivity index (χ4v) is 3.48. The number of nitrogens with zero attached hydrogens (tertiary/aromatic N) is 6. The second-order valence-electron chi connectivity index (χ2n) is 6.89. The van der Waals surface area contributed by atoms with E-state index in [1.165, 1.54) is 12.1 Å². The van der Waals surface area contributed by atoms with Gasteiger partial charge in [0.25, 0.3) is 0 Å². The van der Waals surface area contributed by atoms with E-state index in [4.69, 9.17) is 9.84 Å². The van der Waals surface area contributed by atoms with E-state index in [0.717, 1.165) is 26.1 Å². The lowest BCUT2D eigenvalue weighted by Gasteiger charge is -2.22. The summed E-state index contributed by atoms with van der Waals surface area (Å²) in [6, 6.07) is 14.0. The molecule has 0 aliphatic carbocycles. The van der Waals surface area contributed by atoms with Gasteiger partial charge in [-0.2, -0.15) is 5.10 Å². The lowest BCUT2D eigenvalue weighted by molar-refractivity contribution is 0.0663. The molecule has 4 aromatic rings. The summed E-state index contributed by atoms with van der Waals surface area (Å²) in [5.41, 5.74) is 1.90. The molecule has 1 saturated heterocycles. The van der Waals surface area contributed by atoms with Gasteiger partial charge < -0.3 is 4.74 Å². The van der Waals surface area contributed by atoms with E-state index in [9.17, 15) is 4.39 Å². The molecule has 5 rings (SSSR count). The van der Waals surface area contributed by atoms with Crippen LogP contribution in [0.4, 0.5) is 4.39 Å². The van der Waals surface area contributed by atoms with Crippen LogP contribution in [0, 0.1) is 5.82 Å². The average molecular weight is 390 g/mol. The number of benzene rings is 1. The number of halogens is 1. The van der Waals surface area contributed by atoms with Gasteiger partial charge in [0.2, 0.25) is 5.82 Å². The van der Waals surface area contributed by atoms with E-state index >= 15 is 0 Å². The Hall–Kier alpha value is -3.39. The van der Waals surface area contributed by atoms with Crippen molar-refractivity contribution in [1.82, 2.24) is 29.5 Å². The highest BCUT2D eigenvalue weighted by molar-refractivity contribution is 5.59. The molecule has 29 heavy (non-hydrogen) atoms. The second-order valence-corrected chi connectivity index (χ2v) is 6.89. The van der Waals surface area contributed by atoms with Gasteiger partial charge in [-0.1, -0.05) is 12.1 Å². The van der Waals surface area contributed by atoms with Crippen LogP contribution < -0.4 is 0 Å². The van der Waals surface area contributed by atoms with Gasteiger partial charge in [0.15, 0.2) is 5.82 Å². The first-order valence-corrected chi connectivity index (χ1v) is 9.55. The summed E-state index contributed by atoms with van der Waals surface area (Å²) >= 11 is 0. The number of ether oxygens (including phenoxy) is 1. The second kappa shape index (κ2) is 7.56. The van der Waals surface area contributed by atoms with Gasteiger partial charge in [0.1, 0.15) is 17.2 Å². The van der Waals surface area contributed by atoms with Gasteiger partial charge in [-0.05, 0) is 49.2 Å². The smallest absolute Gasteiger partial charge is 0.200 e. The summed E-state index contributed by atoms with van der Waals surface area (Å²) in [6.45, 7) is 1.48. The molecule has 146 valence electrons. The summed E-state index contributed by atoms with van der Waals surface area (Å²) in [5.74, 6) is 0.670. The molecule has 0 N–H and O–H groups in total. The van der Waals surface area contributed by atoms with E-state index in [2.05, 4.69) is 15.1 Å². The molecule has 1 aliphatic rings. The third-order valence-corrected chi connectivity index (χ3v) is 4.96. The minimum atomic E-state index is -0.337. The van der Waals surface area contributed by atoms with Crippen LogP contribution in [0.25, 0.3) is 28.7 Å². The van der Waals surface area contributed by atoms with Crippen LogP contribution in [0.5, 0.6) is 0 Å². The van der Waals surface area contributed by atoms with Crippen LogP contribution in [0.1, 0.15) is 18.9 Å². The van der Waals surface area contributed by atoms with E-state index in [1.807, 2.05) is 35.1 Å². The van der Waals surface area contributed by atoms with Gasteiger partial charge in [0.05, 0.1) is 11.7 Å². The minimum absolute atomic E-state index is 0.304. The Morgan fingerprint density at radius 3 is 2.66 bits per heavy atom. The van der Waals surface area contributed by atoms with Crippen molar-refractivity contribution < 1.29 is 9.13 Å². The lowest BCUT2D eigenvalue weighted by Crippen LogP contribution is -2.20. The van der Waals surface area contributed by atoms with Crippen LogP contribution in [-0.4, -0.2) is 42.7 Å². The van der Waals surface area contributed by atoms with Crippen molar-refractivity contribution in [2.75, 3.05) is 13.2 Å². The van der Waals surface area contributed by atoms with Gasteiger partial charge in [-0.25, -0.2) is 14.1 Å². The molecular weight excluding hydrogens is 371 g/mol. The molecule has 1 aliphatic heterocycles. The number of aromatic nitrogens is 6. The molecule has 0 radical (unpaired) electrons. The maximum atomic E-state index is 13.9. The normalized spacial score (nSPS) is 14.9. The quantitative estimate of drug-likeness (QED) is 0.532. The molecule has 1 aromatic carbocycles. The van der Waals surface area contributed by atoms with E-state index in [-0.39, 0.29) is 5.82 Å². The molecule has 1 fully saturated rings. The lowest BCUT2D eigenvalue weighted by atomic mass is 10.1. The van der Waals surface area contributed by atoms with Gasteiger partial charge in [-0.15, -0.1) is 5.10 Å². The molecule has 0 unspecified atom stereocenters. The van der Waals surface area contributed by atoms with Crippen molar-refractivity contribution in [3.05, 3.63) is 66.7 Å². The molecular formula is C21H19FN6O. The zero-order valence-electron chi connectivity index (χ0n) is 15.6. The Bertz CT molecular complexity index is 1120. The maximum absolute atomic E-state index is 13.9. The van der Waals surface area contributed by atoms with E-state index < -0.39 is 0 Å². The number of hydrogen-bond acceptors (Lipinski definition) is 5. The van der Waals surface area contributed by atoms with Crippen LogP contribution in [-0.2, 0) is 4.74 Å². The minimum Gasteiger partial charge on any atom is -0.381 e.